The summed E-state index contributed by atoms with van der Waals surface area (Å²) in [4.78, 5) is 12.8. The van der Waals surface area contributed by atoms with Crippen molar-refractivity contribution in [1.82, 2.24) is 0 Å². The first kappa shape index (κ1) is 15.3. The molecule has 3 heteroatoms. The molecule has 0 fully saturated rings. The van der Waals surface area contributed by atoms with Crippen LogP contribution in [-0.4, -0.2) is 12.2 Å². The number of carbonyl (C=O) groups excluding carboxylic acids is 1. The van der Waals surface area contributed by atoms with Gasteiger partial charge in [-0.25, -0.2) is 8.78 Å². The summed E-state index contributed by atoms with van der Waals surface area (Å²) in [6, 6.07) is 21.7. The molecule has 0 aromatic heterocycles. The normalized spacial score (nSPS) is 12.5. The monoisotopic (exact) mass is 310 g/mol. The molecule has 1 unspecified atom stereocenters. The molecule has 116 valence electrons. The topological polar surface area (TPSA) is 17.1 Å². The third-order valence-corrected chi connectivity index (χ3v) is 3.99. The van der Waals surface area contributed by atoms with Crippen LogP contribution in [-0.2, 0) is 0 Å². The molecule has 1 nitrogen and oxygen atoms in total. The van der Waals surface area contributed by atoms with Gasteiger partial charge in [0.1, 0.15) is 0 Å². The van der Waals surface area contributed by atoms with Crippen molar-refractivity contribution in [2.24, 2.45) is 0 Å². The van der Waals surface area contributed by atoms with Crippen LogP contribution in [0.25, 0.3) is 10.8 Å². The number of halogens is 2. The van der Waals surface area contributed by atoms with Crippen LogP contribution in [0, 0.1) is 0 Å². The van der Waals surface area contributed by atoms with E-state index in [1.54, 1.807) is 36.4 Å². The van der Waals surface area contributed by atoms with E-state index in [0.29, 0.717) is 11.1 Å². The molecule has 0 spiro atoms. The zero-order chi connectivity index (χ0) is 16.2. The molecule has 0 heterocycles. The second-order valence-corrected chi connectivity index (χ2v) is 5.48. The molecule has 23 heavy (non-hydrogen) atoms. The lowest BCUT2D eigenvalue weighted by Crippen LogP contribution is -2.16. The molecule has 3 aromatic rings. The molecule has 0 saturated carbocycles. The Morgan fingerprint density at radius 1 is 0.826 bits per heavy atom. The van der Waals surface area contributed by atoms with Crippen LogP contribution < -0.4 is 0 Å². The first-order valence-corrected chi connectivity index (χ1v) is 7.52. The zero-order valence-electron chi connectivity index (χ0n) is 12.5. The number of fused-ring (bicyclic) bond motifs is 1. The Morgan fingerprint density at radius 3 is 2.22 bits per heavy atom. The van der Waals surface area contributed by atoms with Crippen LogP contribution >= 0.6 is 0 Å². The van der Waals surface area contributed by atoms with Crippen molar-refractivity contribution in [3.8, 4) is 0 Å². The molecule has 0 radical (unpaired) electrons. The molecule has 0 N–H and O–H groups in total. The van der Waals surface area contributed by atoms with E-state index in [-0.39, 0.29) is 5.78 Å². The Bertz CT molecular complexity index is 807. The fourth-order valence-electron chi connectivity index (χ4n) is 2.91. The van der Waals surface area contributed by atoms with Crippen molar-refractivity contribution in [2.45, 2.75) is 18.8 Å². The third kappa shape index (κ3) is 3.29. The van der Waals surface area contributed by atoms with E-state index in [0.717, 1.165) is 10.8 Å². The summed E-state index contributed by atoms with van der Waals surface area (Å²) in [6.45, 7) is 0. The van der Waals surface area contributed by atoms with Gasteiger partial charge in [-0.15, -0.1) is 0 Å². The molecular weight excluding hydrogens is 294 g/mol. The lowest BCUT2D eigenvalue weighted by Gasteiger charge is -2.18. The van der Waals surface area contributed by atoms with Gasteiger partial charge in [-0.3, -0.25) is 4.79 Å². The van der Waals surface area contributed by atoms with Crippen molar-refractivity contribution >= 4 is 16.6 Å². The van der Waals surface area contributed by atoms with E-state index in [9.17, 15) is 13.6 Å². The summed E-state index contributed by atoms with van der Waals surface area (Å²) in [5.41, 5.74) is 1.13. The number of rotatable bonds is 5. The summed E-state index contributed by atoms with van der Waals surface area (Å²) in [6.07, 6.45) is -3.01. The Hall–Kier alpha value is -2.55. The third-order valence-electron chi connectivity index (χ3n) is 3.99. The van der Waals surface area contributed by atoms with Gasteiger partial charge in [0.2, 0.25) is 6.43 Å². The van der Waals surface area contributed by atoms with E-state index >= 15 is 0 Å². The van der Waals surface area contributed by atoms with Crippen molar-refractivity contribution in [2.75, 3.05) is 0 Å². The molecular formula is C20H16F2O. The van der Waals surface area contributed by atoms with Gasteiger partial charge in [0.15, 0.2) is 5.78 Å². The van der Waals surface area contributed by atoms with E-state index in [2.05, 4.69) is 0 Å². The van der Waals surface area contributed by atoms with Gasteiger partial charge in [-0.2, -0.15) is 0 Å². The lowest BCUT2D eigenvalue weighted by atomic mass is 9.85. The van der Waals surface area contributed by atoms with E-state index in [1.165, 1.54) is 0 Å². The average Bonchev–Trinajstić information content (AvgIpc) is 2.59. The number of benzene rings is 3. The van der Waals surface area contributed by atoms with Crippen molar-refractivity contribution in [3.05, 3.63) is 83.9 Å². The second kappa shape index (κ2) is 6.69. The van der Waals surface area contributed by atoms with Crippen LogP contribution in [0.15, 0.2) is 72.8 Å². The Kier molecular flexibility index (Phi) is 4.47. The molecule has 0 aliphatic carbocycles. The van der Waals surface area contributed by atoms with E-state index in [4.69, 9.17) is 0 Å². The minimum atomic E-state index is -2.54. The standard InChI is InChI=1S/C20H16F2O/c21-19(22)13-18(20(23)15-8-2-1-3-9-15)17-12-6-10-14-7-4-5-11-16(14)17/h1-12,18-19H,13H2. The van der Waals surface area contributed by atoms with Gasteiger partial charge >= 0.3 is 0 Å². The van der Waals surface area contributed by atoms with Gasteiger partial charge in [-0.05, 0) is 16.3 Å². The Morgan fingerprint density at radius 2 is 1.48 bits per heavy atom. The smallest absolute Gasteiger partial charge is 0.239 e. The van der Waals surface area contributed by atoms with Crippen LogP contribution in [0.2, 0.25) is 0 Å². The maximum Gasteiger partial charge on any atom is 0.239 e. The molecule has 0 bridgehead atoms. The number of Topliss-reactive ketones (excluding diaryl/α,β-unsaturated/α-hetero) is 1. The number of hydrogen-bond acceptors (Lipinski definition) is 1. The predicted molar refractivity (Wildman–Crippen MR) is 88.1 cm³/mol. The van der Waals surface area contributed by atoms with Gasteiger partial charge < -0.3 is 0 Å². The molecule has 0 amide bonds. The molecule has 3 rings (SSSR count). The van der Waals surface area contributed by atoms with Crippen LogP contribution in [0.3, 0.4) is 0 Å². The fraction of sp³-hybridized carbons (Fsp3) is 0.150. The van der Waals surface area contributed by atoms with Gasteiger partial charge in [0.25, 0.3) is 0 Å². The van der Waals surface area contributed by atoms with Crippen molar-refractivity contribution in [3.63, 3.8) is 0 Å². The van der Waals surface area contributed by atoms with Crippen LogP contribution in [0.4, 0.5) is 8.78 Å². The van der Waals surface area contributed by atoms with Crippen molar-refractivity contribution < 1.29 is 13.6 Å². The Balaban J connectivity index is 2.10. The first-order chi connectivity index (χ1) is 11.2. The van der Waals surface area contributed by atoms with Crippen LogP contribution in [0.5, 0.6) is 0 Å². The maximum atomic E-state index is 13.1. The summed E-state index contributed by atoms with van der Waals surface area (Å²) < 4.78 is 26.2. The average molecular weight is 310 g/mol. The maximum absolute atomic E-state index is 13.1. The minimum absolute atomic E-state index is 0.262. The van der Waals surface area contributed by atoms with E-state index < -0.39 is 18.8 Å². The highest BCUT2D eigenvalue weighted by Crippen LogP contribution is 2.32. The molecule has 1 atom stereocenters. The molecule has 3 aromatic carbocycles. The molecule has 0 aliphatic heterocycles. The summed E-state index contributed by atoms with van der Waals surface area (Å²) in [7, 11) is 0. The fourth-order valence-corrected chi connectivity index (χ4v) is 2.91. The summed E-state index contributed by atoms with van der Waals surface area (Å²) in [5.74, 6) is -1.11. The highest BCUT2D eigenvalue weighted by molar-refractivity contribution is 6.03. The van der Waals surface area contributed by atoms with Gasteiger partial charge in [0.05, 0.1) is 5.92 Å². The predicted octanol–water partition coefficient (Wildman–Crippen LogP) is 5.46. The van der Waals surface area contributed by atoms with E-state index in [1.807, 2.05) is 36.4 Å². The summed E-state index contributed by atoms with van der Waals surface area (Å²) >= 11 is 0. The highest BCUT2D eigenvalue weighted by atomic mass is 19.3. The summed E-state index contributed by atoms with van der Waals surface area (Å²) in [5, 5.41) is 1.80. The quantitative estimate of drug-likeness (QED) is 0.572. The van der Waals surface area contributed by atoms with Gasteiger partial charge in [0, 0.05) is 12.0 Å². The Labute approximate surface area is 133 Å². The number of alkyl halides is 2. The molecule has 0 aliphatic rings. The second-order valence-electron chi connectivity index (χ2n) is 5.48. The minimum Gasteiger partial charge on any atom is -0.293 e. The zero-order valence-corrected chi connectivity index (χ0v) is 12.5. The number of carbonyl (C=O) groups is 1. The highest BCUT2D eigenvalue weighted by Gasteiger charge is 2.26. The lowest BCUT2D eigenvalue weighted by molar-refractivity contribution is 0.0862. The first-order valence-electron chi connectivity index (χ1n) is 7.52. The van der Waals surface area contributed by atoms with Gasteiger partial charge in [-0.1, -0.05) is 72.8 Å². The van der Waals surface area contributed by atoms with Crippen LogP contribution in [0.1, 0.15) is 28.3 Å². The SMILES string of the molecule is O=C(c1ccccc1)C(CC(F)F)c1cccc2ccccc12. The molecule has 0 saturated heterocycles. The van der Waals surface area contributed by atoms with Crippen molar-refractivity contribution in [1.29, 1.82) is 0 Å². The number of hydrogen-bond donors (Lipinski definition) is 0. The largest absolute Gasteiger partial charge is 0.293 e. The number of ketones is 1.